The molecule has 0 spiro atoms. The smallest absolute Gasteiger partial charge is 0.0987 e. The molecule has 3 atom stereocenters. The minimum absolute atomic E-state index is 0.208. The van der Waals surface area contributed by atoms with E-state index < -0.39 is 0 Å². The lowest BCUT2D eigenvalue weighted by Crippen LogP contribution is -2.59. The lowest BCUT2D eigenvalue weighted by Gasteiger charge is -2.43. The molecule has 3 nitrogen and oxygen atoms in total. The van der Waals surface area contributed by atoms with Crippen molar-refractivity contribution in [1.29, 1.82) is 0 Å². The molecule has 1 fully saturated rings. The molecule has 1 saturated carbocycles. The predicted octanol–water partition coefficient (Wildman–Crippen LogP) is 2.03. The number of ether oxygens (including phenoxy) is 2. The van der Waals surface area contributed by atoms with E-state index in [1.807, 2.05) is 0 Å². The molecule has 1 aromatic rings. The van der Waals surface area contributed by atoms with E-state index in [9.17, 15) is 0 Å². The van der Waals surface area contributed by atoms with Crippen LogP contribution in [0.15, 0.2) is 17.5 Å². The van der Waals surface area contributed by atoms with Crippen molar-refractivity contribution >= 4 is 11.3 Å². The maximum Gasteiger partial charge on any atom is 0.0987 e. The molecule has 90 valence electrons. The van der Waals surface area contributed by atoms with Crippen molar-refractivity contribution in [3.05, 3.63) is 22.4 Å². The van der Waals surface area contributed by atoms with Crippen LogP contribution in [0.25, 0.3) is 0 Å². The third kappa shape index (κ3) is 2.63. The summed E-state index contributed by atoms with van der Waals surface area (Å²) >= 11 is 1.74. The monoisotopic (exact) mass is 241 g/mol. The van der Waals surface area contributed by atoms with Crippen molar-refractivity contribution in [2.75, 3.05) is 13.7 Å². The first kappa shape index (κ1) is 12.0. The van der Waals surface area contributed by atoms with E-state index in [2.05, 4.69) is 29.8 Å². The number of hydrogen-bond donors (Lipinski definition) is 1. The molecule has 4 heteroatoms. The third-order valence-electron chi connectivity index (χ3n) is 3.01. The second-order valence-electron chi connectivity index (χ2n) is 4.03. The molecule has 16 heavy (non-hydrogen) atoms. The molecular formula is C12H19NO2S. The fourth-order valence-electron chi connectivity index (χ4n) is 2.11. The van der Waals surface area contributed by atoms with Crippen LogP contribution < -0.4 is 5.32 Å². The quantitative estimate of drug-likeness (QED) is 0.826. The Labute approximate surface area is 101 Å². The summed E-state index contributed by atoms with van der Waals surface area (Å²) < 4.78 is 11.3. The van der Waals surface area contributed by atoms with Crippen LogP contribution in [0.5, 0.6) is 0 Å². The highest BCUT2D eigenvalue weighted by atomic mass is 32.1. The predicted molar refractivity (Wildman–Crippen MR) is 65.8 cm³/mol. The van der Waals surface area contributed by atoms with Crippen LogP contribution in [0.1, 0.15) is 18.2 Å². The molecule has 1 aliphatic rings. The molecule has 0 saturated heterocycles. The minimum Gasteiger partial charge on any atom is -0.377 e. The topological polar surface area (TPSA) is 30.5 Å². The average Bonchev–Trinajstić information content (AvgIpc) is 2.75. The van der Waals surface area contributed by atoms with Gasteiger partial charge < -0.3 is 14.8 Å². The summed E-state index contributed by atoms with van der Waals surface area (Å²) in [5.41, 5.74) is 0. The van der Waals surface area contributed by atoms with E-state index in [4.69, 9.17) is 9.47 Å². The van der Waals surface area contributed by atoms with E-state index in [0.29, 0.717) is 12.6 Å². The Morgan fingerprint density at radius 3 is 3.06 bits per heavy atom. The Hall–Kier alpha value is -0.420. The zero-order valence-corrected chi connectivity index (χ0v) is 10.6. The summed E-state index contributed by atoms with van der Waals surface area (Å²) in [7, 11) is 1.76. The van der Waals surface area contributed by atoms with Crippen molar-refractivity contribution in [2.24, 2.45) is 0 Å². The fraction of sp³-hybridized carbons (Fsp3) is 0.667. The normalized spacial score (nSPS) is 29.0. The molecule has 0 amide bonds. The van der Waals surface area contributed by atoms with E-state index in [1.165, 1.54) is 4.88 Å². The molecule has 1 aromatic heterocycles. The van der Waals surface area contributed by atoms with Gasteiger partial charge in [-0.05, 0) is 24.4 Å². The van der Waals surface area contributed by atoms with E-state index in [0.717, 1.165) is 13.0 Å². The molecule has 2 rings (SSSR count). The zero-order valence-electron chi connectivity index (χ0n) is 9.81. The van der Waals surface area contributed by atoms with Crippen LogP contribution in [-0.2, 0) is 16.1 Å². The standard InChI is InChI=1S/C12H19NO2S/c1-3-13-10-7-11(12(10)14-2)15-8-9-5-4-6-16-9/h4-6,10-13H,3,7-8H2,1-2H3. The maximum absolute atomic E-state index is 5.85. The fourth-order valence-corrected chi connectivity index (χ4v) is 2.73. The second-order valence-corrected chi connectivity index (χ2v) is 5.06. The Balaban J connectivity index is 1.75. The SMILES string of the molecule is CCNC1CC(OCc2cccs2)C1OC. The Morgan fingerprint density at radius 1 is 1.56 bits per heavy atom. The molecule has 0 aliphatic heterocycles. The lowest BCUT2D eigenvalue weighted by molar-refractivity contribution is -0.138. The van der Waals surface area contributed by atoms with Gasteiger partial charge in [0.15, 0.2) is 0 Å². The first-order valence-corrected chi connectivity index (χ1v) is 6.63. The number of thiophene rings is 1. The van der Waals surface area contributed by atoms with Gasteiger partial charge in [0.2, 0.25) is 0 Å². The molecule has 0 radical (unpaired) electrons. The largest absolute Gasteiger partial charge is 0.377 e. The van der Waals surface area contributed by atoms with Crippen LogP contribution in [0.4, 0.5) is 0 Å². The van der Waals surface area contributed by atoms with Crippen molar-refractivity contribution < 1.29 is 9.47 Å². The van der Waals surface area contributed by atoms with Gasteiger partial charge in [-0.15, -0.1) is 11.3 Å². The molecule has 3 unspecified atom stereocenters. The van der Waals surface area contributed by atoms with Crippen LogP contribution in [0, 0.1) is 0 Å². The molecular weight excluding hydrogens is 222 g/mol. The Kier molecular flexibility index (Phi) is 4.35. The number of methoxy groups -OCH3 is 1. The highest BCUT2D eigenvalue weighted by Crippen LogP contribution is 2.28. The molecule has 0 bridgehead atoms. The van der Waals surface area contributed by atoms with Gasteiger partial charge in [0.1, 0.15) is 0 Å². The van der Waals surface area contributed by atoms with Gasteiger partial charge in [0, 0.05) is 18.0 Å². The maximum atomic E-state index is 5.85. The zero-order chi connectivity index (χ0) is 11.4. The molecule has 0 aromatic carbocycles. The van der Waals surface area contributed by atoms with Crippen molar-refractivity contribution in [3.8, 4) is 0 Å². The van der Waals surface area contributed by atoms with Gasteiger partial charge in [0.25, 0.3) is 0 Å². The molecule has 1 heterocycles. The van der Waals surface area contributed by atoms with Crippen LogP contribution in [0.3, 0.4) is 0 Å². The summed E-state index contributed by atoms with van der Waals surface area (Å²) in [5.74, 6) is 0. The van der Waals surface area contributed by atoms with Crippen molar-refractivity contribution in [1.82, 2.24) is 5.32 Å². The van der Waals surface area contributed by atoms with Crippen LogP contribution >= 0.6 is 11.3 Å². The average molecular weight is 241 g/mol. The highest BCUT2D eigenvalue weighted by Gasteiger charge is 2.41. The summed E-state index contributed by atoms with van der Waals surface area (Å²) in [5, 5.41) is 5.48. The summed E-state index contributed by atoms with van der Waals surface area (Å²) in [6.45, 7) is 3.82. The Bertz CT molecular complexity index is 302. The van der Waals surface area contributed by atoms with E-state index in [1.54, 1.807) is 18.4 Å². The number of likely N-dealkylation sites (N-methyl/N-ethyl adjacent to an activating group) is 1. The lowest BCUT2D eigenvalue weighted by atomic mass is 9.85. The summed E-state index contributed by atoms with van der Waals surface area (Å²) in [4.78, 5) is 1.28. The summed E-state index contributed by atoms with van der Waals surface area (Å²) in [6, 6.07) is 4.62. The Morgan fingerprint density at radius 2 is 2.44 bits per heavy atom. The summed E-state index contributed by atoms with van der Waals surface area (Å²) in [6.07, 6.45) is 1.51. The van der Waals surface area contributed by atoms with E-state index >= 15 is 0 Å². The number of rotatable bonds is 6. The third-order valence-corrected chi connectivity index (χ3v) is 3.86. The second kappa shape index (κ2) is 5.77. The van der Waals surface area contributed by atoms with Crippen LogP contribution in [0.2, 0.25) is 0 Å². The van der Waals surface area contributed by atoms with E-state index in [-0.39, 0.29) is 12.2 Å². The first-order chi connectivity index (χ1) is 7.85. The van der Waals surface area contributed by atoms with Gasteiger partial charge in [0.05, 0.1) is 18.8 Å². The van der Waals surface area contributed by atoms with Gasteiger partial charge >= 0.3 is 0 Å². The van der Waals surface area contributed by atoms with Crippen molar-refractivity contribution in [3.63, 3.8) is 0 Å². The van der Waals surface area contributed by atoms with Gasteiger partial charge in [-0.3, -0.25) is 0 Å². The molecule has 1 N–H and O–H groups in total. The van der Waals surface area contributed by atoms with Gasteiger partial charge in [-0.1, -0.05) is 13.0 Å². The highest BCUT2D eigenvalue weighted by molar-refractivity contribution is 7.09. The number of hydrogen-bond acceptors (Lipinski definition) is 4. The van der Waals surface area contributed by atoms with Gasteiger partial charge in [-0.2, -0.15) is 0 Å². The molecule has 1 aliphatic carbocycles. The number of nitrogens with one attached hydrogen (secondary N) is 1. The van der Waals surface area contributed by atoms with Crippen molar-refractivity contribution in [2.45, 2.75) is 38.2 Å². The first-order valence-electron chi connectivity index (χ1n) is 5.75. The minimum atomic E-state index is 0.208. The van der Waals surface area contributed by atoms with Crippen LogP contribution in [-0.4, -0.2) is 31.9 Å². The van der Waals surface area contributed by atoms with Gasteiger partial charge in [-0.25, -0.2) is 0 Å².